The highest BCUT2D eigenvalue weighted by Crippen LogP contribution is 2.13. The predicted octanol–water partition coefficient (Wildman–Crippen LogP) is 0.282. The van der Waals surface area contributed by atoms with Gasteiger partial charge in [-0.05, 0) is 30.7 Å². The molecular formula is C13H21N5O2. The highest BCUT2D eigenvalue weighted by atomic mass is 16.2. The summed E-state index contributed by atoms with van der Waals surface area (Å²) in [5.74, 6) is 5.13. The minimum atomic E-state index is -0.186. The van der Waals surface area contributed by atoms with E-state index < -0.39 is 0 Å². The number of carbonyl (C=O) groups excluding carboxylic acids is 2. The van der Waals surface area contributed by atoms with Crippen molar-refractivity contribution in [2.45, 2.75) is 6.92 Å². The molecule has 0 aromatic heterocycles. The summed E-state index contributed by atoms with van der Waals surface area (Å²) < 4.78 is 0. The zero-order chi connectivity index (χ0) is 15.1. The number of hydrazine groups is 1. The van der Waals surface area contributed by atoms with E-state index >= 15 is 0 Å². The van der Waals surface area contributed by atoms with Gasteiger partial charge in [-0.1, -0.05) is 0 Å². The summed E-state index contributed by atoms with van der Waals surface area (Å²) in [7, 11) is 3.31. The fourth-order valence-electron chi connectivity index (χ4n) is 1.61. The molecule has 0 bridgehead atoms. The SMILES string of the molecule is Cc1cc(NN)ccc1C(=O)NCCNC(=O)N(C)C. The monoisotopic (exact) mass is 279 g/mol. The van der Waals surface area contributed by atoms with Gasteiger partial charge < -0.3 is 21.0 Å². The maximum Gasteiger partial charge on any atom is 0.316 e. The second-order valence-electron chi connectivity index (χ2n) is 4.56. The molecule has 0 fully saturated rings. The van der Waals surface area contributed by atoms with E-state index in [1.165, 1.54) is 4.90 Å². The molecule has 110 valence electrons. The maximum atomic E-state index is 12.0. The lowest BCUT2D eigenvalue weighted by Crippen LogP contribution is -2.39. The van der Waals surface area contributed by atoms with Gasteiger partial charge in [0.2, 0.25) is 0 Å². The van der Waals surface area contributed by atoms with Gasteiger partial charge in [-0.25, -0.2) is 4.79 Å². The van der Waals surface area contributed by atoms with E-state index in [1.807, 2.05) is 6.92 Å². The number of nitrogens with one attached hydrogen (secondary N) is 3. The van der Waals surface area contributed by atoms with Crippen molar-refractivity contribution in [1.29, 1.82) is 0 Å². The fraction of sp³-hybridized carbons (Fsp3) is 0.385. The quantitative estimate of drug-likeness (QED) is 0.353. The predicted molar refractivity (Wildman–Crippen MR) is 78.4 cm³/mol. The third kappa shape index (κ3) is 4.43. The molecule has 1 aromatic rings. The third-order valence-electron chi connectivity index (χ3n) is 2.73. The third-order valence-corrected chi connectivity index (χ3v) is 2.73. The van der Waals surface area contributed by atoms with Crippen molar-refractivity contribution in [3.63, 3.8) is 0 Å². The molecule has 7 heteroatoms. The number of carbonyl (C=O) groups is 2. The summed E-state index contributed by atoms with van der Waals surface area (Å²) in [6.07, 6.45) is 0. The second kappa shape index (κ2) is 7.34. The van der Waals surface area contributed by atoms with Crippen molar-refractivity contribution in [2.75, 3.05) is 32.6 Å². The molecule has 0 radical (unpaired) electrons. The summed E-state index contributed by atoms with van der Waals surface area (Å²) >= 11 is 0. The summed E-state index contributed by atoms with van der Waals surface area (Å²) in [4.78, 5) is 24.7. The summed E-state index contributed by atoms with van der Waals surface area (Å²) in [6.45, 7) is 2.59. The van der Waals surface area contributed by atoms with Crippen LogP contribution in [0, 0.1) is 6.92 Å². The largest absolute Gasteiger partial charge is 0.350 e. The number of anilines is 1. The Labute approximate surface area is 118 Å². The van der Waals surface area contributed by atoms with Crippen LogP contribution in [0.3, 0.4) is 0 Å². The van der Waals surface area contributed by atoms with Gasteiger partial charge in [0.25, 0.3) is 5.91 Å². The van der Waals surface area contributed by atoms with E-state index in [-0.39, 0.29) is 11.9 Å². The van der Waals surface area contributed by atoms with Crippen LogP contribution in [0.4, 0.5) is 10.5 Å². The molecular weight excluding hydrogens is 258 g/mol. The van der Waals surface area contributed by atoms with Crippen LogP contribution >= 0.6 is 0 Å². The van der Waals surface area contributed by atoms with Crippen LogP contribution in [0.1, 0.15) is 15.9 Å². The van der Waals surface area contributed by atoms with Gasteiger partial charge in [-0.15, -0.1) is 0 Å². The van der Waals surface area contributed by atoms with Crippen molar-refractivity contribution >= 4 is 17.6 Å². The van der Waals surface area contributed by atoms with Crippen LogP contribution < -0.4 is 21.9 Å². The van der Waals surface area contributed by atoms with E-state index in [0.29, 0.717) is 18.7 Å². The molecule has 1 aromatic carbocycles. The van der Waals surface area contributed by atoms with Crippen molar-refractivity contribution < 1.29 is 9.59 Å². The van der Waals surface area contributed by atoms with Crippen LogP contribution in [0.2, 0.25) is 0 Å². The van der Waals surface area contributed by atoms with Gasteiger partial charge in [0.05, 0.1) is 0 Å². The number of aryl methyl sites for hydroxylation is 1. The molecule has 0 spiro atoms. The zero-order valence-corrected chi connectivity index (χ0v) is 12.0. The molecule has 0 unspecified atom stereocenters. The first-order valence-electron chi connectivity index (χ1n) is 6.26. The molecule has 3 amide bonds. The van der Waals surface area contributed by atoms with Gasteiger partial charge >= 0.3 is 6.03 Å². The molecule has 0 heterocycles. The van der Waals surface area contributed by atoms with Crippen LogP contribution in [-0.4, -0.2) is 44.0 Å². The molecule has 20 heavy (non-hydrogen) atoms. The number of nitrogens with zero attached hydrogens (tertiary/aromatic N) is 1. The first kappa shape index (κ1) is 15.8. The Kier molecular flexibility index (Phi) is 5.79. The highest BCUT2D eigenvalue weighted by Gasteiger charge is 2.09. The minimum absolute atomic E-state index is 0.176. The van der Waals surface area contributed by atoms with Crippen molar-refractivity contribution in [3.05, 3.63) is 29.3 Å². The smallest absolute Gasteiger partial charge is 0.316 e. The Balaban J connectivity index is 2.45. The number of amides is 3. The summed E-state index contributed by atoms with van der Waals surface area (Å²) in [5, 5.41) is 5.42. The second-order valence-corrected chi connectivity index (χ2v) is 4.56. The highest BCUT2D eigenvalue weighted by molar-refractivity contribution is 5.96. The molecule has 0 aliphatic heterocycles. The molecule has 0 saturated carbocycles. The van der Waals surface area contributed by atoms with Crippen molar-refractivity contribution in [3.8, 4) is 0 Å². The lowest BCUT2D eigenvalue weighted by atomic mass is 10.1. The molecule has 5 N–H and O–H groups in total. The van der Waals surface area contributed by atoms with Crippen LogP contribution in [0.15, 0.2) is 18.2 Å². The Hall–Kier alpha value is -2.28. The molecule has 1 rings (SSSR count). The summed E-state index contributed by atoms with van der Waals surface area (Å²) in [5.41, 5.74) is 4.69. The molecule has 0 atom stereocenters. The first-order chi connectivity index (χ1) is 9.45. The standard InChI is InChI=1S/C13H21N5O2/c1-9-8-10(17-14)4-5-11(9)12(19)15-6-7-16-13(20)18(2)3/h4-5,8,17H,6-7,14H2,1-3H3,(H,15,19)(H,16,20). The van der Waals surface area contributed by atoms with E-state index in [4.69, 9.17) is 5.84 Å². The molecule has 0 saturated heterocycles. The van der Waals surface area contributed by atoms with Gasteiger partial charge in [-0.2, -0.15) is 0 Å². The minimum Gasteiger partial charge on any atom is -0.350 e. The number of hydrogen-bond donors (Lipinski definition) is 4. The van der Waals surface area contributed by atoms with Crippen molar-refractivity contribution in [2.24, 2.45) is 5.84 Å². The lowest BCUT2D eigenvalue weighted by Gasteiger charge is -2.13. The van der Waals surface area contributed by atoms with Crippen LogP contribution in [0.25, 0.3) is 0 Å². The number of benzene rings is 1. The number of urea groups is 1. The Morgan fingerprint density at radius 3 is 2.40 bits per heavy atom. The van der Waals surface area contributed by atoms with Gasteiger partial charge in [0, 0.05) is 38.4 Å². The number of nitrogens with two attached hydrogens (primary N) is 1. The average molecular weight is 279 g/mol. The Bertz CT molecular complexity index is 488. The number of nitrogen functional groups attached to an aromatic ring is 1. The van der Waals surface area contributed by atoms with Gasteiger partial charge in [0.1, 0.15) is 0 Å². The number of rotatable bonds is 5. The topological polar surface area (TPSA) is 99.5 Å². The Morgan fingerprint density at radius 1 is 1.20 bits per heavy atom. The van der Waals surface area contributed by atoms with E-state index in [2.05, 4.69) is 16.1 Å². The van der Waals surface area contributed by atoms with Crippen LogP contribution in [-0.2, 0) is 0 Å². The average Bonchev–Trinajstić information content (AvgIpc) is 2.42. The number of hydrogen-bond acceptors (Lipinski definition) is 4. The van der Waals surface area contributed by atoms with E-state index in [0.717, 1.165) is 11.3 Å². The lowest BCUT2D eigenvalue weighted by molar-refractivity contribution is 0.0953. The first-order valence-corrected chi connectivity index (χ1v) is 6.26. The summed E-state index contributed by atoms with van der Waals surface area (Å²) in [6, 6.07) is 5.05. The van der Waals surface area contributed by atoms with Crippen molar-refractivity contribution in [1.82, 2.24) is 15.5 Å². The normalized spacial score (nSPS) is 9.80. The van der Waals surface area contributed by atoms with Gasteiger partial charge in [0.15, 0.2) is 0 Å². The molecule has 0 aliphatic carbocycles. The maximum absolute atomic E-state index is 12.0. The van der Waals surface area contributed by atoms with E-state index in [1.54, 1.807) is 32.3 Å². The Morgan fingerprint density at radius 2 is 1.85 bits per heavy atom. The fourth-order valence-corrected chi connectivity index (χ4v) is 1.61. The zero-order valence-electron chi connectivity index (χ0n) is 12.0. The van der Waals surface area contributed by atoms with Gasteiger partial charge in [-0.3, -0.25) is 10.6 Å². The molecule has 7 nitrogen and oxygen atoms in total. The van der Waals surface area contributed by atoms with Crippen LogP contribution in [0.5, 0.6) is 0 Å². The molecule has 0 aliphatic rings. The van der Waals surface area contributed by atoms with E-state index in [9.17, 15) is 9.59 Å².